The highest BCUT2D eigenvalue weighted by Crippen LogP contribution is 2.24. The highest BCUT2D eigenvalue weighted by molar-refractivity contribution is 7.89. The van der Waals surface area contributed by atoms with Crippen LogP contribution in [-0.2, 0) is 10.0 Å². The number of pyridine rings is 1. The van der Waals surface area contributed by atoms with Crippen LogP contribution in [0.15, 0.2) is 47.6 Å². The Bertz CT molecular complexity index is 989. The lowest BCUT2D eigenvalue weighted by molar-refractivity contribution is 0.560. The summed E-state index contributed by atoms with van der Waals surface area (Å²) in [5.41, 5.74) is 1.29. The first-order chi connectivity index (χ1) is 11.9. The standard InChI is InChI=1S/C16H16ClN5O2S/c1-10-13(17)4-3-5-14(10)25(23,24)22-11(2)15-19-16(21-20-15)12-6-8-18-9-7-12/h3-9,11,22H,1-2H3,(H,19,20,21). The minimum atomic E-state index is -3.75. The van der Waals surface area contributed by atoms with Crippen LogP contribution in [0.25, 0.3) is 11.4 Å². The van der Waals surface area contributed by atoms with E-state index in [1.165, 1.54) is 6.07 Å². The zero-order valence-electron chi connectivity index (χ0n) is 13.6. The van der Waals surface area contributed by atoms with Gasteiger partial charge in [0.05, 0.1) is 10.9 Å². The maximum atomic E-state index is 12.6. The second kappa shape index (κ2) is 6.91. The summed E-state index contributed by atoms with van der Waals surface area (Å²) in [5.74, 6) is 0.887. The Balaban J connectivity index is 1.84. The number of rotatable bonds is 5. The maximum Gasteiger partial charge on any atom is 0.241 e. The molecule has 3 aromatic rings. The van der Waals surface area contributed by atoms with Crippen LogP contribution in [0.4, 0.5) is 0 Å². The summed E-state index contributed by atoms with van der Waals surface area (Å²) < 4.78 is 27.8. The summed E-state index contributed by atoms with van der Waals surface area (Å²) in [4.78, 5) is 8.43. The summed E-state index contributed by atoms with van der Waals surface area (Å²) in [6.07, 6.45) is 3.28. The molecular weight excluding hydrogens is 362 g/mol. The van der Waals surface area contributed by atoms with Crippen molar-refractivity contribution in [1.82, 2.24) is 24.9 Å². The molecule has 25 heavy (non-hydrogen) atoms. The fraction of sp³-hybridized carbons (Fsp3) is 0.188. The highest BCUT2D eigenvalue weighted by atomic mass is 35.5. The normalized spacial score (nSPS) is 12.9. The van der Waals surface area contributed by atoms with Crippen molar-refractivity contribution in [3.63, 3.8) is 0 Å². The molecule has 0 aliphatic carbocycles. The van der Waals surface area contributed by atoms with Crippen molar-refractivity contribution in [3.05, 3.63) is 59.1 Å². The Morgan fingerprint density at radius 2 is 1.92 bits per heavy atom. The van der Waals surface area contributed by atoms with Crippen LogP contribution < -0.4 is 4.72 Å². The van der Waals surface area contributed by atoms with Gasteiger partial charge in [-0.05, 0) is 43.7 Å². The molecule has 0 aliphatic rings. The average Bonchev–Trinajstić information content (AvgIpc) is 3.08. The highest BCUT2D eigenvalue weighted by Gasteiger charge is 2.23. The Morgan fingerprint density at radius 3 is 2.64 bits per heavy atom. The van der Waals surface area contributed by atoms with Crippen LogP contribution in [0, 0.1) is 6.92 Å². The molecular formula is C16H16ClN5O2S. The number of nitrogens with one attached hydrogen (secondary N) is 2. The van der Waals surface area contributed by atoms with Crippen LogP contribution in [0.2, 0.25) is 5.02 Å². The third-order valence-corrected chi connectivity index (χ3v) is 5.79. The number of benzene rings is 1. The summed E-state index contributed by atoms with van der Waals surface area (Å²) in [7, 11) is -3.75. The van der Waals surface area contributed by atoms with Gasteiger partial charge in [-0.2, -0.15) is 5.10 Å². The van der Waals surface area contributed by atoms with Gasteiger partial charge in [0.15, 0.2) is 5.82 Å². The predicted octanol–water partition coefficient (Wildman–Crippen LogP) is 2.87. The van der Waals surface area contributed by atoms with Gasteiger partial charge in [-0.25, -0.2) is 18.1 Å². The van der Waals surface area contributed by atoms with Gasteiger partial charge in [0, 0.05) is 23.0 Å². The second-order valence-electron chi connectivity index (χ2n) is 5.49. The summed E-state index contributed by atoms with van der Waals surface area (Å²) in [5, 5.41) is 7.29. The van der Waals surface area contributed by atoms with Crippen LogP contribution in [0.1, 0.15) is 24.4 Å². The minimum absolute atomic E-state index is 0.140. The molecule has 0 radical (unpaired) electrons. The summed E-state index contributed by atoms with van der Waals surface area (Å²) in [6.45, 7) is 3.35. The van der Waals surface area contributed by atoms with Gasteiger partial charge in [-0.15, -0.1) is 0 Å². The zero-order chi connectivity index (χ0) is 18.0. The number of hydrogen-bond acceptors (Lipinski definition) is 5. The van der Waals surface area contributed by atoms with Crippen LogP contribution in [0.5, 0.6) is 0 Å². The average molecular weight is 378 g/mol. The van der Waals surface area contributed by atoms with Crippen molar-refractivity contribution in [2.75, 3.05) is 0 Å². The molecule has 9 heteroatoms. The van der Waals surface area contributed by atoms with E-state index in [-0.39, 0.29) is 4.90 Å². The van der Waals surface area contributed by atoms with Crippen LogP contribution in [0.3, 0.4) is 0 Å². The molecule has 1 atom stereocenters. The van der Waals surface area contributed by atoms with Gasteiger partial charge in [0.2, 0.25) is 10.0 Å². The Morgan fingerprint density at radius 1 is 1.20 bits per heavy atom. The Hall–Kier alpha value is -2.29. The third-order valence-electron chi connectivity index (χ3n) is 3.69. The zero-order valence-corrected chi connectivity index (χ0v) is 15.1. The number of hydrogen-bond donors (Lipinski definition) is 2. The van der Waals surface area contributed by atoms with Crippen molar-refractivity contribution in [3.8, 4) is 11.4 Å². The van der Waals surface area contributed by atoms with Crippen molar-refractivity contribution in [2.45, 2.75) is 24.8 Å². The fourth-order valence-corrected chi connectivity index (χ4v) is 4.03. The van der Waals surface area contributed by atoms with Gasteiger partial charge in [0.25, 0.3) is 0 Å². The van der Waals surface area contributed by atoms with E-state index in [0.29, 0.717) is 22.2 Å². The fourth-order valence-electron chi connectivity index (χ4n) is 2.33. The molecule has 1 unspecified atom stereocenters. The van der Waals surface area contributed by atoms with Gasteiger partial charge in [0.1, 0.15) is 5.82 Å². The van der Waals surface area contributed by atoms with Crippen molar-refractivity contribution in [1.29, 1.82) is 0 Å². The first-order valence-electron chi connectivity index (χ1n) is 7.48. The van der Waals surface area contributed by atoms with Gasteiger partial charge in [-0.3, -0.25) is 10.1 Å². The smallest absolute Gasteiger partial charge is 0.241 e. The van der Waals surface area contributed by atoms with Crippen LogP contribution >= 0.6 is 11.6 Å². The number of aromatic nitrogens is 4. The largest absolute Gasteiger partial charge is 0.265 e. The number of halogens is 1. The lowest BCUT2D eigenvalue weighted by atomic mass is 10.2. The molecule has 2 aromatic heterocycles. The Labute approximate surface area is 150 Å². The van der Waals surface area contributed by atoms with E-state index in [1.807, 2.05) is 0 Å². The van der Waals surface area contributed by atoms with E-state index in [9.17, 15) is 8.42 Å². The molecule has 0 spiro atoms. The van der Waals surface area contributed by atoms with Crippen molar-refractivity contribution >= 4 is 21.6 Å². The molecule has 0 saturated heterocycles. The topological polar surface area (TPSA) is 101 Å². The molecule has 0 aliphatic heterocycles. The summed E-state index contributed by atoms with van der Waals surface area (Å²) >= 11 is 6.02. The molecule has 0 fully saturated rings. The minimum Gasteiger partial charge on any atom is -0.265 e. The second-order valence-corrected chi connectivity index (χ2v) is 7.58. The van der Waals surface area contributed by atoms with E-state index >= 15 is 0 Å². The molecule has 0 bridgehead atoms. The molecule has 0 saturated carbocycles. The first kappa shape index (κ1) is 17.5. The maximum absolute atomic E-state index is 12.6. The van der Waals surface area contributed by atoms with E-state index < -0.39 is 16.1 Å². The van der Waals surface area contributed by atoms with Crippen molar-refractivity contribution in [2.24, 2.45) is 0 Å². The number of aromatic amines is 1. The van der Waals surface area contributed by atoms with E-state index in [0.717, 1.165) is 5.56 Å². The molecule has 1 aromatic carbocycles. The molecule has 0 amide bonds. The molecule has 130 valence electrons. The molecule has 7 nitrogen and oxygen atoms in total. The van der Waals surface area contributed by atoms with E-state index in [1.54, 1.807) is 50.5 Å². The van der Waals surface area contributed by atoms with Crippen LogP contribution in [-0.4, -0.2) is 28.6 Å². The molecule has 2 N–H and O–H groups in total. The third kappa shape index (κ3) is 3.71. The predicted molar refractivity (Wildman–Crippen MR) is 94.5 cm³/mol. The van der Waals surface area contributed by atoms with Gasteiger partial charge in [-0.1, -0.05) is 17.7 Å². The lowest BCUT2D eigenvalue weighted by Crippen LogP contribution is -2.28. The van der Waals surface area contributed by atoms with Crippen molar-refractivity contribution < 1.29 is 8.42 Å². The van der Waals surface area contributed by atoms with Gasteiger partial charge >= 0.3 is 0 Å². The number of sulfonamides is 1. The molecule has 2 heterocycles. The number of H-pyrrole nitrogens is 1. The first-order valence-corrected chi connectivity index (χ1v) is 9.35. The SMILES string of the molecule is Cc1c(Cl)cccc1S(=O)(=O)NC(C)c1nc(-c2ccncc2)n[nH]1. The molecule has 3 rings (SSSR count). The van der Waals surface area contributed by atoms with Gasteiger partial charge < -0.3 is 0 Å². The van der Waals surface area contributed by atoms with E-state index in [2.05, 4.69) is 24.9 Å². The monoisotopic (exact) mass is 377 g/mol. The summed E-state index contributed by atoms with van der Waals surface area (Å²) in [6, 6.07) is 7.72. The lowest BCUT2D eigenvalue weighted by Gasteiger charge is -2.14. The number of nitrogens with zero attached hydrogens (tertiary/aromatic N) is 3. The van der Waals surface area contributed by atoms with E-state index in [4.69, 9.17) is 11.6 Å². The quantitative estimate of drug-likeness (QED) is 0.712. The Kier molecular flexibility index (Phi) is 4.85.